The van der Waals surface area contributed by atoms with E-state index in [1.807, 2.05) is 0 Å². The summed E-state index contributed by atoms with van der Waals surface area (Å²) in [6, 6.07) is 12.8. The van der Waals surface area contributed by atoms with Crippen molar-refractivity contribution in [3.05, 3.63) is 65.1 Å². The summed E-state index contributed by atoms with van der Waals surface area (Å²) in [5, 5.41) is 1.44. The summed E-state index contributed by atoms with van der Waals surface area (Å²) in [4.78, 5) is 19.0. The molecule has 1 heterocycles. The second-order valence-electron chi connectivity index (χ2n) is 4.75. The Bertz CT molecular complexity index is 895. The number of halogens is 3. The van der Waals surface area contributed by atoms with E-state index in [1.54, 1.807) is 36.4 Å². The second-order valence-corrected chi connectivity index (χ2v) is 5.19. The molecule has 0 unspecified atom stereocenters. The third-order valence-corrected chi connectivity index (χ3v) is 3.33. The minimum Gasteiger partial charge on any atom is -0.350 e. The average Bonchev–Trinajstić information content (AvgIpc) is 2.94. The fourth-order valence-corrected chi connectivity index (χ4v) is 2.23. The number of hydrogen-bond acceptors (Lipinski definition) is 2. The first-order valence-corrected chi connectivity index (χ1v) is 7.12. The van der Waals surface area contributed by atoms with Crippen molar-refractivity contribution in [3.8, 4) is 0 Å². The molecule has 3 rings (SSSR count). The maximum absolute atomic E-state index is 13.0. The molecule has 0 atom stereocenters. The minimum atomic E-state index is -0.375. The van der Waals surface area contributed by atoms with E-state index in [-0.39, 0.29) is 24.1 Å². The van der Waals surface area contributed by atoms with Gasteiger partial charge in [-0.1, -0.05) is 17.7 Å². The van der Waals surface area contributed by atoms with Crippen LogP contribution in [0.5, 0.6) is 0 Å². The summed E-state index contributed by atoms with van der Waals surface area (Å²) in [6.45, 7) is 0. The maximum Gasteiger partial charge on any atom is 0.286 e. The molecule has 0 saturated heterocycles. The lowest BCUT2D eigenvalue weighted by Gasteiger charge is -2.01. The summed E-state index contributed by atoms with van der Waals surface area (Å²) in [7, 11) is 0. The molecule has 1 amide bonds. The highest BCUT2D eigenvalue weighted by atomic mass is 35.5. The zero-order valence-electron chi connectivity index (χ0n) is 12.2. The molecule has 0 fully saturated rings. The average molecular weight is 367 g/mol. The number of rotatable bonds is 4. The molecule has 0 aliphatic carbocycles. The van der Waals surface area contributed by atoms with Gasteiger partial charge in [0, 0.05) is 15.9 Å². The Morgan fingerprint density at radius 3 is 2.83 bits per heavy atom. The molecule has 24 heavy (non-hydrogen) atoms. The topological polar surface area (TPSA) is 69.3 Å². The van der Waals surface area contributed by atoms with Crippen LogP contribution in [0.15, 0.2) is 53.5 Å². The number of aromatic amines is 1. The van der Waals surface area contributed by atoms with Crippen molar-refractivity contribution in [2.45, 2.75) is 0 Å². The highest BCUT2D eigenvalue weighted by molar-refractivity contribution is 6.31. The van der Waals surface area contributed by atoms with Crippen LogP contribution < -0.4 is 10.9 Å². The van der Waals surface area contributed by atoms with Crippen LogP contribution in [-0.2, 0) is 0 Å². The standard InChI is InChI=1S/C16H12ClFN4O.ClH/c17-11-4-5-14-10(6-11)7-15(21-14)16(23)22-20-9-19-13-3-1-2-12(18)8-13;/h1-9,21H,(H,19,20)(H,22,23);1H. The first-order chi connectivity index (χ1) is 11.1. The molecule has 0 radical (unpaired) electrons. The van der Waals surface area contributed by atoms with E-state index in [9.17, 15) is 9.18 Å². The molecule has 0 saturated carbocycles. The monoisotopic (exact) mass is 366 g/mol. The molecule has 0 aliphatic rings. The summed E-state index contributed by atoms with van der Waals surface area (Å²) in [6.07, 6.45) is 1.27. The van der Waals surface area contributed by atoms with Gasteiger partial charge < -0.3 is 4.98 Å². The van der Waals surface area contributed by atoms with Crippen molar-refractivity contribution >= 4 is 52.8 Å². The Balaban J connectivity index is 0.00000208. The predicted octanol–water partition coefficient (Wildman–Crippen LogP) is 3.98. The summed E-state index contributed by atoms with van der Waals surface area (Å²) in [5.41, 5.74) is 6.64. The van der Waals surface area contributed by atoms with Crippen molar-refractivity contribution in [2.75, 3.05) is 0 Å². The van der Waals surface area contributed by atoms with Crippen molar-refractivity contribution in [1.29, 1.82) is 0 Å². The number of carbonyl (C=O) groups is 1. The van der Waals surface area contributed by atoms with Gasteiger partial charge in [-0.3, -0.25) is 15.6 Å². The summed E-state index contributed by atoms with van der Waals surface area (Å²) >= 11 is 5.91. The number of nitrogens with zero attached hydrogens (tertiary/aromatic N) is 1. The van der Waals surface area contributed by atoms with Crippen LogP contribution in [0.4, 0.5) is 10.1 Å². The third kappa shape index (κ3) is 4.24. The zero-order valence-corrected chi connectivity index (χ0v) is 13.8. The van der Waals surface area contributed by atoms with Gasteiger partial charge in [0.2, 0.25) is 0 Å². The van der Waals surface area contributed by atoms with E-state index >= 15 is 0 Å². The van der Waals surface area contributed by atoms with Crippen molar-refractivity contribution < 1.29 is 9.18 Å². The van der Waals surface area contributed by atoms with Crippen LogP contribution >= 0.6 is 24.0 Å². The number of aliphatic imine (C=N–C) groups is 1. The highest BCUT2D eigenvalue weighted by Gasteiger charge is 2.08. The van der Waals surface area contributed by atoms with Gasteiger partial charge in [-0.15, -0.1) is 12.4 Å². The number of nitrogens with one attached hydrogen (secondary N) is 3. The number of H-pyrrole nitrogens is 1. The molecular weight excluding hydrogens is 354 g/mol. The first-order valence-electron chi connectivity index (χ1n) is 6.74. The smallest absolute Gasteiger partial charge is 0.286 e. The Kier molecular flexibility index (Phi) is 5.78. The van der Waals surface area contributed by atoms with Gasteiger partial charge in [-0.25, -0.2) is 9.38 Å². The quantitative estimate of drug-likeness (QED) is 0.371. The summed E-state index contributed by atoms with van der Waals surface area (Å²) in [5.74, 6) is -0.733. The van der Waals surface area contributed by atoms with Crippen LogP contribution in [-0.4, -0.2) is 17.2 Å². The van der Waals surface area contributed by atoms with Gasteiger partial charge in [-0.2, -0.15) is 0 Å². The first kappa shape index (κ1) is 17.8. The zero-order chi connectivity index (χ0) is 16.2. The van der Waals surface area contributed by atoms with Gasteiger partial charge in [-0.05, 0) is 42.5 Å². The van der Waals surface area contributed by atoms with Crippen molar-refractivity contribution in [2.24, 2.45) is 4.99 Å². The fraction of sp³-hybridized carbons (Fsp3) is 0. The Morgan fingerprint density at radius 1 is 1.21 bits per heavy atom. The molecule has 1 aromatic heterocycles. The van der Waals surface area contributed by atoms with Gasteiger partial charge in [0.15, 0.2) is 0 Å². The number of amides is 1. The lowest BCUT2D eigenvalue weighted by Crippen LogP contribution is -2.36. The molecule has 3 N–H and O–H groups in total. The number of hydrogen-bond donors (Lipinski definition) is 3. The van der Waals surface area contributed by atoms with Crippen LogP contribution in [0, 0.1) is 5.82 Å². The lowest BCUT2D eigenvalue weighted by molar-refractivity contribution is 0.0940. The van der Waals surface area contributed by atoms with Gasteiger partial charge in [0.05, 0.1) is 5.69 Å². The molecule has 3 aromatic rings. The van der Waals surface area contributed by atoms with Crippen LogP contribution in [0.25, 0.3) is 10.9 Å². The number of carbonyl (C=O) groups excluding carboxylic acids is 1. The van der Waals surface area contributed by atoms with Crippen molar-refractivity contribution in [3.63, 3.8) is 0 Å². The normalized spacial score (nSPS) is 10.6. The van der Waals surface area contributed by atoms with Gasteiger partial charge in [0.25, 0.3) is 5.91 Å². The minimum absolute atomic E-state index is 0. The van der Waals surface area contributed by atoms with E-state index < -0.39 is 0 Å². The molecular formula is C16H13Cl2FN4O. The third-order valence-electron chi connectivity index (χ3n) is 3.10. The molecule has 0 aliphatic heterocycles. The van der Waals surface area contributed by atoms with E-state index in [4.69, 9.17) is 11.6 Å². The number of benzene rings is 2. The van der Waals surface area contributed by atoms with Gasteiger partial charge in [0.1, 0.15) is 17.8 Å². The molecule has 0 bridgehead atoms. The molecule has 8 heteroatoms. The highest BCUT2D eigenvalue weighted by Crippen LogP contribution is 2.19. The maximum atomic E-state index is 13.0. The van der Waals surface area contributed by atoms with E-state index in [0.29, 0.717) is 16.4 Å². The molecule has 124 valence electrons. The molecule has 0 spiro atoms. The Hall–Kier alpha value is -2.57. The Morgan fingerprint density at radius 2 is 2.04 bits per heavy atom. The van der Waals surface area contributed by atoms with E-state index in [0.717, 1.165) is 10.9 Å². The van der Waals surface area contributed by atoms with Crippen LogP contribution in [0.1, 0.15) is 10.5 Å². The lowest BCUT2D eigenvalue weighted by atomic mass is 10.2. The van der Waals surface area contributed by atoms with Gasteiger partial charge >= 0.3 is 0 Å². The SMILES string of the molecule is Cl.O=C(NNC=Nc1cccc(F)c1)c1cc2cc(Cl)ccc2[nH]1. The molecule has 5 nitrogen and oxygen atoms in total. The van der Waals surface area contributed by atoms with E-state index in [2.05, 4.69) is 20.8 Å². The largest absolute Gasteiger partial charge is 0.350 e. The van der Waals surface area contributed by atoms with Crippen LogP contribution in [0.3, 0.4) is 0 Å². The predicted molar refractivity (Wildman–Crippen MR) is 95.7 cm³/mol. The number of hydrazine groups is 1. The number of fused-ring (bicyclic) bond motifs is 1. The number of aromatic nitrogens is 1. The molecule has 2 aromatic carbocycles. The van der Waals surface area contributed by atoms with Crippen LogP contribution in [0.2, 0.25) is 5.02 Å². The summed E-state index contributed by atoms with van der Waals surface area (Å²) < 4.78 is 13.0. The second kappa shape index (κ2) is 7.81. The fourth-order valence-electron chi connectivity index (χ4n) is 2.05. The Labute approximate surface area is 148 Å². The van der Waals surface area contributed by atoms with E-state index in [1.165, 1.54) is 18.5 Å². The van der Waals surface area contributed by atoms with Crippen molar-refractivity contribution in [1.82, 2.24) is 15.8 Å².